The van der Waals surface area contributed by atoms with Crippen LogP contribution in [-0.2, 0) is 11.3 Å². The SMILES string of the molecule is C[C@H](Sc1nnc(-c2c[nH]c3ccccc23)n1C1CC1)C(=O)NCc1cccs1. The number of amides is 1. The molecule has 6 nitrogen and oxygen atoms in total. The van der Waals surface area contributed by atoms with E-state index in [1.54, 1.807) is 11.3 Å². The number of nitrogens with zero attached hydrogens (tertiary/aromatic N) is 3. The number of aromatic nitrogens is 4. The highest BCUT2D eigenvalue weighted by molar-refractivity contribution is 8.00. The second kappa shape index (κ2) is 7.68. The van der Waals surface area contributed by atoms with E-state index in [1.807, 2.05) is 42.8 Å². The molecule has 1 fully saturated rings. The van der Waals surface area contributed by atoms with E-state index in [4.69, 9.17) is 0 Å². The van der Waals surface area contributed by atoms with Gasteiger partial charge >= 0.3 is 0 Å². The van der Waals surface area contributed by atoms with Gasteiger partial charge < -0.3 is 10.3 Å². The molecule has 8 heteroatoms. The van der Waals surface area contributed by atoms with Crippen molar-refractivity contribution in [3.05, 3.63) is 52.9 Å². The molecule has 1 aromatic carbocycles. The fourth-order valence-electron chi connectivity index (χ4n) is 3.40. The number of hydrogen-bond donors (Lipinski definition) is 2. The number of para-hydroxylation sites is 1. The Morgan fingerprint density at radius 2 is 2.17 bits per heavy atom. The Labute approximate surface area is 176 Å². The topological polar surface area (TPSA) is 75.6 Å². The highest BCUT2D eigenvalue weighted by atomic mass is 32.2. The maximum atomic E-state index is 12.6. The van der Waals surface area contributed by atoms with Crippen molar-refractivity contribution in [1.82, 2.24) is 25.1 Å². The quantitative estimate of drug-likeness (QED) is 0.425. The molecule has 0 unspecified atom stereocenters. The van der Waals surface area contributed by atoms with Crippen molar-refractivity contribution in [3.63, 3.8) is 0 Å². The second-order valence-electron chi connectivity index (χ2n) is 7.21. The first-order valence-electron chi connectivity index (χ1n) is 9.69. The highest BCUT2D eigenvalue weighted by Crippen LogP contribution is 2.42. The van der Waals surface area contributed by atoms with Gasteiger partial charge in [0.15, 0.2) is 11.0 Å². The van der Waals surface area contributed by atoms with Crippen molar-refractivity contribution in [2.45, 2.75) is 42.8 Å². The molecule has 5 rings (SSSR count). The van der Waals surface area contributed by atoms with Gasteiger partial charge in [-0.2, -0.15) is 0 Å². The average Bonchev–Trinajstić information content (AvgIpc) is 3.13. The van der Waals surface area contributed by atoms with E-state index < -0.39 is 0 Å². The maximum Gasteiger partial charge on any atom is 0.233 e. The first-order chi connectivity index (χ1) is 14.2. The van der Waals surface area contributed by atoms with E-state index in [0.29, 0.717) is 12.6 Å². The Morgan fingerprint density at radius 1 is 1.31 bits per heavy atom. The Bertz CT molecular complexity index is 1140. The first kappa shape index (κ1) is 18.4. The van der Waals surface area contributed by atoms with Crippen molar-refractivity contribution in [1.29, 1.82) is 0 Å². The van der Waals surface area contributed by atoms with E-state index in [2.05, 4.69) is 37.2 Å². The van der Waals surface area contributed by atoms with E-state index >= 15 is 0 Å². The lowest BCUT2D eigenvalue weighted by molar-refractivity contribution is -0.120. The van der Waals surface area contributed by atoms with E-state index in [1.165, 1.54) is 11.8 Å². The minimum atomic E-state index is -0.243. The number of thioether (sulfide) groups is 1. The van der Waals surface area contributed by atoms with Crippen LogP contribution in [0.2, 0.25) is 0 Å². The number of fused-ring (bicyclic) bond motifs is 1. The summed E-state index contributed by atoms with van der Waals surface area (Å²) in [6.45, 7) is 2.49. The minimum Gasteiger partial charge on any atom is -0.360 e. The standard InChI is InChI=1S/C21H21N5OS2/c1-13(20(27)23-11-15-5-4-10-28-15)29-21-25-24-19(26(21)14-8-9-14)17-12-22-18-7-3-2-6-16(17)18/h2-7,10,12-14,22H,8-9,11H2,1H3,(H,23,27)/t13-/m0/s1. The van der Waals surface area contributed by atoms with Gasteiger partial charge in [-0.15, -0.1) is 21.5 Å². The number of nitrogens with one attached hydrogen (secondary N) is 2. The number of rotatable bonds is 7. The third-order valence-corrected chi connectivity index (χ3v) is 7.01. The molecule has 1 amide bonds. The molecular formula is C21H21N5OS2. The van der Waals surface area contributed by atoms with Gasteiger partial charge in [0.25, 0.3) is 0 Å². The normalized spacial score (nSPS) is 14.9. The summed E-state index contributed by atoms with van der Waals surface area (Å²) in [7, 11) is 0. The van der Waals surface area contributed by atoms with Gasteiger partial charge in [0.05, 0.1) is 11.8 Å². The number of benzene rings is 1. The monoisotopic (exact) mass is 423 g/mol. The van der Waals surface area contributed by atoms with Gasteiger partial charge in [-0.05, 0) is 37.3 Å². The fourth-order valence-corrected chi connectivity index (χ4v) is 4.99. The predicted molar refractivity (Wildman–Crippen MR) is 117 cm³/mol. The van der Waals surface area contributed by atoms with E-state index in [0.717, 1.165) is 45.2 Å². The Morgan fingerprint density at radius 3 is 2.97 bits per heavy atom. The van der Waals surface area contributed by atoms with Crippen LogP contribution in [0.15, 0.2) is 53.1 Å². The lowest BCUT2D eigenvalue weighted by Crippen LogP contribution is -2.30. The molecule has 3 heterocycles. The third kappa shape index (κ3) is 3.70. The summed E-state index contributed by atoms with van der Waals surface area (Å²) in [6.07, 6.45) is 4.25. The lowest BCUT2D eigenvalue weighted by atomic mass is 10.1. The Hall–Kier alpha value is -2.58. The van der Waals surface area contributed by atoms with Crippen LogP contribution in [0.25, 0.3) is 22.3 Å². The average molecular weight is 424 g/mol. The molecule has 2 N–H and O–H groups in total. The summed E-state index contributed by atoms with van der Waals surface area (Å²) in [5.41, 5.74) is 2.14. The number of carbonyl (C=O) groups excluding carboxylic acids is 1. The molecule has 0 saturated heterocycles. The highest BCUT2D eigenvalue weighted by Gasteiger charge is 2.32. The smallest absolute Gasteiger partial charge is 0.233 e. The molecule has 1 saturated carbocycles. The fraction of sp³-hybridized carbons (Fsp3) is 0.286. The molecule has 0 spiro atoms. The van der Waals surface area contributed by atoms with Crippen LogP contribution in [0.5, 0.6) is 0 Å². The molecule has 0 radical (unpaired) electrons. The van der Waals surface area contributed by atoms with E-state index in [-0.39, 0.29) is 11.2 Å². The van der Waals surface area contributed by atoms with Gasteiger partial charge in [0.1, 0.15) is 0 Å². The van der Waals surface area contributed by atoms with Gasteiger partial charge in [-0.1, -0.05) is 36.0 Å². The molecular weight excluding hydrogens is 402 g/mol. The summed E-state index contributed by atoms with van der Waals surface area (Å²) >= 11 is 3.12. The molecule has 0 bridgehead atoms. The number of hydrogen-bond acceptors (Lipinski definition) is 5. The number of H-pyrrole nitrogens is 1. The minimum absolute atomic E-state index is 0.0161. The lowest BCUT2D eigenvalue weighted by Gasteiger charge is -2.13. The zero-order valence-electron chi connectivity index (χ0n) is 16.0. The number of carbonyl (C=O) groups is 1. The summed E-state index contributed by atoms with van der Waals surface area (Å²) in [5, 5.41) is 15.7. The van der Waals surface area contributed by atoms with Crippen LogP contribution >= 0.6 is 23.1 Å². The van der Waals surface area contributed by atoms with Crippen LogP contribution in [0, 0.1) is 0 Å². The van der Waals surface area contributed by atoms with Crippen LogP contribution < -0.4 is 5.32 Å². The number of aromatic amines is 1. The zero-order valence-corrected chi connectivity index (χ0v) is 17.6. The Balaban J connectivity index is 1.38. The number of thiophene rings is 1. The van der Waals surface area contributed by atoms with Gasteiger partial charge in [0, 0.05) is 33.6 Å². The summed E-state index contributed by atoms with van der Waals surface area (Å²) in [5.74, 6) is 0.890. The summed E-state index contributed by atoms with van der Waals surface area (Å²) in [6, 6.07) is 12.7. The first-order valence-corrected chi connectivity index (χ1v) is 11.4. The molecule has 29 heavy (non-hydrogen) atoms. The molecule has 1 atom stereocenters. The largest absolute Gasteiger partial charge is 0.360 e. The van der Waals surface area contributed by atoms with Gasteiger partial charge in [-0.3, -0.25) is 9.36 Å². The van der Waals surface area contributed by atoms with Crippen molar-refractivity contribution < 1.29 is 4.79 Å². The van der Waals surface area contributed by atoms with Crippen molar-refractivity contribution in [3.8, 4) is 11.4 Å². The van der Waals surface area contributed by atoms with Crippen molar-refractivity contribution in [2.24, 2.45) is 0 Å². The Kier molecular flexibility index (Phi) is 4.89. The van der Waals surface area contributed by atoms with Crippen LogP contribution in [0.3, 0.4) is 0 Å². The summed E-state index contributed by atoms with van der Waals surface area (Å²) < 4.78 is 2.21. The zero-order chi connectivity index (χ0) is 19.8. The van der Waals surface area contributed by atoms with Crippen molar-refractivity contribution in [2.75, 3.05) is 0 Å². The molecule has 3 aromatic heterocycles. The van der Waals surface area contributed by atoms with Crippen molar-refractivity contribution >= 4 is 39.9 Å². The maximum absolute atomic E-state index is 12.6. The molecule has 1 aliphatic rings. The van der Waals surface area contributed by atoms with Gasteiger partial charge in [-0.25, -0.2) is 0 Å². The van der Waals surface area contributed by atoms with Crippen LogP contribution in [0.1, 0.15) is 30.7 Å². The van der Waals surface area contributed by atoms with Gasteiger partial charge in [0.2, 0.25) is 5.91 Å². The predicted octanol–water partition coefficient (Wildman–Crippen LogP) is 4.62. The molecule has 1 aliphatic carbocycles. The van der Waals surface area contributed by atoms with Crippen LogP contribution in [0.4, 0.5) is 0 Å². The van der Waals surface area contributed by atoms with E-state index in [9.17, 15) is 4.79 Å². The molecule has 4 aromatic rings. The second-order valence-corrected chi connectivity index (χ2v) is 9.55. The third-order valence-electron chi connectivity index (χ3n) is 5.08. The molecule has 0 aliphatic heterocycles. The molecule has 148 valence electrons. The summed E-state index contributed by atoms with van der Waals surface area (Å²) in [4.78, 5) is 17.0. The van der Waals surface area contributed by atoms with Crippen LogP contribution in [-0.4, -0.2) is 30.9 Å².